The van der Waals surface area contributed by atoms with Crippen LogP contribution >= 0.6 is 11.3 Å². The maximum absolute atomic E-state index is 12.3. The van der Waals surface area contributed by atoms with E-state index in [0.717, 1.165) is 23.2 Å². The maximum Gasteiger partial charge on any atom is 0.409 e. The average Bonchev–Trinajstić information content (AvgIpc) is 3.25. The predicted octanol–water partition coefficient (Wildman–Crippen LogP) is 3.49. The van der Waals surface area contributed by atoms with Gasteiger partial charge in [-0.25, -0.2) is 4.79 Å². The molecule has 1 saturated heterocycles. The van der Waals surface area contributed by atoms with Crippen LogP contribution in [0.5, 0.6) is 0 Å². The lowest BCUT2D eigenvalue weighted by atomic mass is 10.0. The maximum atomic E-state index is 12.3. The molecule has 1 aromatic carbocycles. The van der Waals surface area contributed by atoms with Crippen LogP contribution in [0.1, 0.15) is 24.0 Å². The summed E-state index contributed by atoms with van der Waals surface area (Å²) in [6.45, 7) is 3.69. The topological polar surface area (TPSA) is 58.6 Å². The normalized spacial score (nSPS) is 15.2. The largest absolute Gasteiger partial charge is 0.448 e. The smallest absolute Gasteiger partial charge is 0.409 e. The van der Waals surface area contributed by atoms with E-state index in [1.807, 2.05) is 48.0 Å². The third-order valence-electron chi connectivity index (χ3n) is 4.17. The fourth-order valence-corrected chi connectivity index (χ4v) is 3.32. The summed E-state index contributed by atoms with van der Waals surface area (Å²) >= 11 is 1.59. The van der Waals surface area contributed by atoms with Crippen LogP contribution in [-0.4, -0.2) is 36.6 Å². The second-order valence-corrected chi connectivity index (χ2v) is 6.60. The molecular formula is C18H20N2O3S. The number of amides is 2. The van der Waals surface area contributed by atoms with Crippen molar-refractivity contribution >= 4 is 29.0 Å². The lowest BCUT2D eigenvalue weighted by Crippen LogP contribution is -2.26. The second-order valence-electron chi connectivity index (χ2n) is 5.82. The van der Waals surface area contributed by atoms with E-state index >= 15 is 0 Å². The van der Waals surface area contributed by atoms with Gasteiger partial charge in [0.25, 0.3) is 0 Å². The highest BCUT2D eigenvalue weighted by molar-refractivity contribution is 7.08. The summed E-state index contributed by atoms with van der Waals surface area (Å²) in [6.07, 6.45) is 0.538. The van der Waals surface area contributed by atoms with Gasteiger partial charge in [0.1, 0.15) is 6.61 Å². The quantitative estimate of drug-likeness (QED) is 0.873. The molecule has 5 nitrogen and oxygen atoms in total. The van der Waals surface area contributed by atoms with Crippen molar-refractivity contribution in [3.05, 3.63) is 52.2 Å². The van der Waals surface area contributed by atoms with Crippen LogP contribution in [-0.2, 0) is 16.0 Å². The van der Waals surface area contributed by atoms with E-state index in [9.17, 15) is 9.59 Å². The SMILES string of the molecule is C[C@@H](C(=O)Nc1ccc(CCN2CCOC2=O)cc1)c1ccsc1. The molecule has 0 unspecified atom stereocenters. The first-order chi connectivity index (χ1) is 11.6. The Labute approximate surface area is 145 Å². The van der Waals surface area contributed by atoms with Gasteiger partial charge in [0.15, 0.2) is 0 Å². The van der Waals surface area contributed by atoms with Gasteiger partial charge in [-0.15, -0.1) is 0 Å². The molecule has 6 heteroatoms. The number of nitrogens with one attached hydrogen (secondary N) is 1. The molecule has 1 aromatic heterocycles. The molecule has 1 aliphatic rings. The number of nitrogens with zero attached hydrogens (tertiary/aromatic N) is 1. The summed E-state index contributed by atoms with van der Waals surface area (Å²) in [5, 5.41) is 6.92. The van der Waals surface area contributed by atoms with Crippen molar-refractivity contribution in [3.63, 3.8) is 0 Å². The molecule has 0 saturated carbocycles. The minimum absolute atomic E-state index is 0.0130. The van der Waals surface area contributed by atoms with Crippen molar-refractivity contribution in [2.75, 3.05) is 25.0 Å². The van der Waals surface area contributed by atoms with E-state index < -0.39 is 0 Å². The lowest BCUT2D eigenvalue weighted by Gasteiger charge is -2.13. The van der Waals surface area contributed by atoms with Crippen molar-refractivity contribution in [1.82, 2.24) is 4.90 Å². The molecule has 2 amide bonds. The first-order valence-electron chi connectivity index (χ1n) is 7.97. The molecule has 1 fully saturated rings. The van der Waals surface area contributed by atoms with Crippen LogP contribution in [0, 0.1) is 0 Å². The van der Waals surface area contributed by atoms with Gasteiger partial charge in [0.2, 0.25) is 5.91 Å². The van der Waals surface area contributed by atoms with E-state index in [4.69, 9.17) is 4.74 Å². The van der Waals surface area contributed by atoms with Crippen molar-refractivity contribution in [1.29, 1.82) is 0 Å². The molecule has 2 heterocycles. The van der Waals surface area contributed by atoms with Crippen LogP contribution in [0.4, 0.5) is 10.5 Å². The van der Waals surface area contributed by atoms with Crippen molar-refractivity contribution in [3.8, 4) is 0 Å². The zero-order valence-electron chi connectivity index (χ0n) is 13.5. The number of ether oxygens (including phenoxy) is 1. The van der Waals surface area contributed by atoms with Gasteiger partial charge >= 0.3 is 6.09 Å². The number of thiophene rings is 1. The van der Waals surface area contributed by atoms with Crippen LogP contribution in [0.15, 0.2) is 41.1 Å². The number of cyclic esters (lactones) is 1. The molecule has 3 rings (SSSR count). The first kappa shape index (κ1) is 16.5. The van der Waals surface area contributed by atoms with Crippen molar-refractivity contribution < 1.29 is 14.3 Å². The summed E-state index contributed by atoms with van der Waals surface area (Å²) in [5.74, 6) is -0.182. The van der Waals surface area contributed by atoms with Crippen LogP contribution < -0.4 is 5.32 Å². The second kappa shape index (κ2) is 7.49. The Balaban J connectivity index is 1.52. The standard InChI is InChI=1S/C18H20N2O3S/c1-13(15-7-11-24-12-15)17(21)19-16-4-2-14(3-5-16)6-8-20-9-10-23-18(20)22/h2-5,7,11-13H,6,8-10H2,1H3,(H,19,21)/t13-/m1/s1. The minimum atomic E-state index is -0.235. The summed E-state index contributed by atoms with van der Waals surface area (Å²) in [4.78, 5) is 25.4. The third-order valence-corrected chi connectivity index (χ3v) is 4.87. The first-order valence-corrected chi connectivity index (χ1v) is 8.91. The number of carbonyl (C=O) groups excluding carboxylic acids is 2. The van der Waals surface area contributed by atoms with Gasteiger partial charge in [0, 0.05) is 12.2 Å². The third kappa shape index (κ3) is 3.94. The van der Waals surface area contributed by atoms with Gasteiger partial charge in [-0.1, -0.05) is 12.1 Å². The molecule has 0 aliphatic carbocycles. The lowest BCUT2D eigenvalue weighted by molar-refractivity contribution is -0.117. The number of rotatable bonds is 6. The Kier molecular flexibility index (Phi) is 5.15. The Bertz CT molecular complexity index is 698. The molecule has 0 spiro atoms. The summed E-state index contributed by atoms with van der Waals surface area (Å²) in [7, 11) is 0. The molecular weight excluding hydrogens is 324 g/mol. The molecule has 0 radical (unpaired) electrons. The Morgan fingerprint density at radius 1 is 1.33 bits per heavy atom. The molecule has 1 atom stereocenters. The van der Waals surface area contributed by atoms with E-state index in [2.05, 4.69) is 5.32 Å². The van der Waals surface area contributed by atoms with Crippen LogP contribution in [0.2, 0.25) is 0 Å². The van der Waals surface area contributed by atoms with Gasteiger partial charge in [-0.3, -0.25) is 4.79 Å². The highest BCUT2D eigenvalue weighted by Crippen LogP contribution is 2.20. The zero-order chi connectivity index (χ0) is 16.9. The van der Waals surface area contributed by atoms with E-state index in [1.54, 1.807) is 16.2 Å². The van der Waals surface area contributed by atoms with Crippen LogP contribution in [0.25, 0.3) is 0 Å². The fourth-order valence-electron chi connectivity index (χ4n) is 2.57. The molecule has 24 heavy (non-hydrogen) atoms. The van der Waals surface area contributed by atoms with Gasteiger partial charge in [0.05, 0.1) is 12.5 Å². The predicted molar refractivity (Wildman–Crippen MR) is 94.4 cm³/mol. The Hall–Kier alpha value is -2.34. The Morgan fingerprint density at radius 2 is 2.12 bits per heavy atom. The van der Waals surface area contributed by atoms with Crippen molar-refractivity contribution in [2.45, 2.75) is 19.3 Å². The summed E-state index contributed by atoms with van der Waals surface area (Å²) in [5.41, 5.74) is 2.94. The Morgan fingerprint density at radius 3 is 2.75 bits per heavy atom. The van der Waals surface area contributed by atoms with Crippen molar-refractivity contribution in [2.24, 2.45) is 0 Å². The summed E-state index contributed by atoms with van der Waals surface area (Å²) in [6, 6.07) is 9.73. The number of hydrogen-bond donors (Lipinski definition) is 1. The highest BCUT2D eigenvalue weighted by atomic mass is 32.1. The van der Waals surface area contributed by atoms with Gasteiger partial charge in [-0.2, -0.15) is 11.3 Å². The minimum Gasteiger partial charge on any atom is -0.448 e. The van der Waals surface area contributed by atoms with E-state index in [0.29, 0.717) is 19.7 Å². The zero-order valence-corrected chi connectivity index (χ0v) is 14.3. The molecule has 1 N–H and O–H groups in total. The molecule has 126 valence electrons. The molecule has 2 aromatic rings. The fraction of sp³-hybridized carbons (Fsp3) is 0.333. The average molecular weight is 344 g/mol. The number of hydrogen-bond acceptors (Lipinski definition) is 4. The monoisotopic (exact) mass is 344 g/mol. The van der Waals surface area contributed by atoms with Gasteiger partial charge in [-0.05, 0) is 53.4 Å². The van der Waals surface area contributed by atoms with E-state index in [-0.39, 0.29) is 17.9 Å². The highest BCUT2D eigenvalue weighted by Gasteiger charge is 2.21. The number of carbonyl (C=O) groups is 2. The number of anilines is 1. The van der Waals surface area contributed by atoms with E-state index in [1.165, 1.54) is 0 Å². The number of benzene rings is 1. The van der Waals surface area contributed by atoms with Gasteiger partial charge < -0.3 is 15.0 Å². The summed E-state index contributed by atoms with van der Waals surface area (Å²) < 4.78 is 4.91. The molecule has 0 bridgehead atoms. The van der Waals surface area contributed by atoms with Crippen LogP contribution in [0.3, 0.4) is 0 Å². The molecule has 1 aliphatic heterocycles.